The minimum Gasteiger partial charge on any atom is -0.310 e. The first-order valence-corrected chi connectivity index (χ1v) is 18.5. The van der Waals surface area contributed by atoms with Crippen LogP contribution in [0.25, 0.3) is 49.4 Å². The van der Waals surface area contributed by atoms with Gasteiger partial charge in [0, 0.05) is 33.5 Å². The van der Waals surface area contributed by atoms with Gasteiger partial charge in [0.25, 0.3) is 0 Å². The topological polar surface area (TPSA) is 8.17 Å². The molecule has 1 unspecified atom stereocenters. The fourth-order valence-corrected chi connectivity index (χ4v) is 8.84. The Hall–Kier alpha value is -7.16. The number of anilines is 3. The van der Waals surface area contributed by atoms with Gasteiger partial charge in [-0.25, -0.2) is 0 Å². The molecule has 1 heterocycles. The van der Waals surface area contributed by atoms with Crippen LogP contribution in [0.2, 0.25) is 0 Å². The van der Waals surface area contributed by atoms with Crippen molar-refractivity contribution in [2.24, 2.45) is 0 Å². The molecule has 0 amide bonds. The van der Waals surface area contributed by atoms with Gasteiger partial charge in [-0.1, -0.05) is 158 Å². The van der Waals surface area contributed by atoms with Crippen molar-refractivity contribution >= 4 is 49.6 Å². The summed E-state index contributed by atoms with van der Waals surface area (Å²) in [5.41, 5.74) is 8.51. The van der Waals surface area contributed by atoms with Crippen LogP contribution in [0.5, 0.6) is 0 Å². The summed E-state index contributed by atoms with van der Waals surface area (Å²) in [5.74, 6) is 0. The van der Waals surface area contributed by atoms with E-state index in [4.69, 9.17) is 4.11 Å². The van der Waals surface area contributed by atoms with Crippen molar-refractivity contribution in [1.82, 2.24) is 4.57 Å². The van der Waals surface area contributed by atoms with Crippen molar-refractivity contribution in [2.45, 2.75) is 5.41 Å². The lowest BCUT2D eigenvalue weighted by atomic mass is 9.67. The number of hydrogen-bond acceptors (Lipinski definition) is 1. The Morgan fingerprint density at radius 1 is 0.455 bits per heavy atom. The van der Waals surface area contributed by atoms with Crippen LogP contribution < -0.4 is 4.90 Å². The zero-order valence-corrected chi connectivity index (χ0v) is 29.6. The van der Waals surface area contributed by atoms with E-state index >= 15 is 0 Å². The minimum atomic E-state index is -1.43. The number of para-hydroxylation sites is 5. The van der Waals surface area contributed by atoms with Crippen molar-refractivity contribution in [3.63, 3.8) is 0 Å². The summed E-state index contributed by atoms with van der Waals surface area (Å²) in [5, 5.41) is 1.78. The van der Waals surface area contributed by atoms with Gasteiger partial charge in [-0.05, 0) is 105 Å². The third kappa shape index (κ3) is 4.68. The van der Waals surface area contributed by atoms with Crippen molar-refractivity contribution in [3.05, 3.63) is 240 Å². The molecule has 258 valence electrons. The smallest absolute Gasteiger partial charge is 0.0734 e. The molecule has 55 heavy (non-hydrogen) atoms. The molecular weight excluding hydrogens is 665 g/mol. The van der Waals surface area contributed by atoms with Crippen molar-refractivity contribution in [3.8, 4) is 16.8 Å². The molecule has 1 aliphatic carbocycles. The highest BCUT2D eigenvalue weighted by Crippen LogP contribution is 2.59. The Balaban J connectivity index is 1.35. The summed E-state index contributed by atoms with van der Waals surface area (Å²) in [6.07, 6.45) is 0. The number of rotatable bonds is 6. The zero-order valence-electron chi connectivity index (χ0n) is 36.6. The van der Waals surface area contributed by atoms with Gasteiger partial charge in [0.05, 0.1) is 26.0 Å². The lowest BCUT2D eigenvalue weighted by molar-refractivity contribution is 0.773. The Morgan fingerprint density at radius 3 is 1.85 bits per heavy atom. The van der Waals surface area contributed by atoms with Crippen LogP contribution in [0.4, 0.5) is 17.1 Å². The highest BCUT2D eigenvalue weighted by Gasteiger charge is 2.48. The zero-order chi connectivity index (χ0) is 42.4. The number of hydrogen-bond donors (Lipinski definition) is 0. The Bertz CT molecular complexity index is 3400. The van der Waals surface area contributed by atoms with E-state index in [1.54, 1.807) is 0 Å². The van der Waals surface area contributed by atoms with Gasteiger partial charge in [-0.2, -0.15) is 0 Å². The average Bonchev–Trinajstić information content (AvgIpc) is 3.80. The number of nitrogens with zero attached hydrogens (tertiary/aromatic N) is 2. The van der Waals surface area contributed by atoms with Crippen molar-refractivity contribution in [2.75, 3.05) is 4.90 Å². The van der Waals surface area contributed by atoms with Crippen LogP contribution >= 0.6 is 0 Å². The van der Waals surface area contributed by atoms with Crippen LogP contribution in [0.1, 0.15) is 31.8 Å². The van der Waals surface area contributed by atoms with Crippen LogP contribution in [-0.2, 0) is 5.41 Å². The molecule has 1 atom stereocenters. The molecule has 0 saturated carbocycles. The monoisotopic (exact) mass is 707 g/mol. The second-order valence-electron chi connectivity index (χ2n) is 13.9. The number of fused-ring (bicyclic) bond motifs is 7. The van der Waals surface area contributed by atoms with E-state index in [9.17, 15) is 5.48 Å². The predicted molar refractivity (Wildman–Crippen MR) is 230 cm³/mol. The second kappa shape index (κ2) is 12.5. The van der Waals surface area contributed by atoms with Gasteiger partial charge in [0.1, 0.15) is 0 Å². The summed E-state index contributed by atoms with van der Waals surface area (Å²) >= 11 is 0. The van der Waals surface area contributed by atoms with Crippen molar-refractivity contribution < 1.29 is 9.60 Å². The van der Waals surface area contributed by atoms with Gasteiger partial charge in [-0.15, -0.1) is 0 Å². The minimum absolute atomic E-state index is 0.0796. The van der Waals surface area contributed by atoms with Crippen LogP contribution in [0.15, 0.2) is 218 Å². The maximum atomic E-state index is 10.2. The third-order valence-electron chi connectivity index (χ3n) is 11.1. The first-order valence-electron chi connectivity index (χ1n) is 22.0. The fourth-order valence-electron chi connectivity index (χ4n) is 8.84. The molecule has 2 nitrogen and oxygen atoms in total. The highest BCUT2D eigenvalue weighted by atomic mass is 15.1. The fraction of sp³-hybridized carbons (Fsp3) is 0.0189. The first kappa shape index (κ1) is 25.0. The lowest BCUT2D eigenvalue weighted by Gasteiger charge is -2.35. The predicted octanol–water partition coefficient (Wildman–Crippen LogP) is 13.8. The SMILES string of the molecule is [2H]c1c([2H])c([2H])c2c([2H])c(C3(c4cccc5c6ccccc6n(-c6ccccc6)c45)c4ccccc4-c4cc(N(c5ccccc5)c5ccccc5)ccc43)c([2H])c([2H])c2c1[2H]. The Kier molecular flexibility index (Phi) is 5.66. The molecule has 10 aromatic rings. The van der Waals surface area contributed by atoms with Gasteiger partial charge >= 0.3 is 0 Å². The van der Waals surface area contributed by atoms with E-state index in [0.717, 1.165) is 72.4 Å². The average molecular weight is 708 g/mol. The first-order chi connectivity index (χ1) is 30.2. The van der Waals surface area contributed by atoms with E-state index in [1.165, 1.54) is 0 Å². The van der Waals surface area contributed by atoms with Crippen LogP contribution in [0, 0.1) is 0 Å². The van der Waals surface area contributed by atoms with Crippen LogP contribution in [-0.4, -0.2) is 4.57 Å². The summed E-state index contributed by atoms with van der Waals surface area (Å²) in [4.78, 5) is 2.21. The van der Waals surface area contributed by atoms with Crippen LogP contribution in [0.3, 0.4) is 0 Å². The van der Waals surface area contributed by atoms with E-state index in [2.05, 4.69) is 94.4 Å². The molecule has 0 bridgehead atoms. The number of aromatic nitrogens is 1. The molecule has 2 heteroatoms. The molecule has 1 aromatic heterocycles. The standard InChI is InChI=1S/C53H36N2/c1-4-19-40(20-5-1)54(41-21-6-2-7-22-41)43-33-34-49-47(36-43)44-25-12-14-28-48(44)53(49,39-32-31-37-17-10-11-18-38(37)35-39)50-29-16-27-46-45-26-13-15-30-51(45)55(52(46)50)42-23-8-3-9-24-42/h1-36H/i10D,11D,17D,18D,31D,32D,35D. The third-order valence-corrected chi connectivity index (χ3v) is 11.1. The molecule has 9 aromatic carbocycles. The quantitative estimate of drug-likeness (QED) is 0.167. The molecule has 0 N–H and O–H groups in total. The Labute approximate surface area is 330 Å². The van der Waals surface area contributed by atoms with Crippen molar-refractivity contribution in [1.29, 1.82) is 0 Å². The summed E-state index contributed by atoms with van der Waals surface area (Å²) in [7, 11) is 0. The molecule has 0 saturated heterocycles. The van der Waals surface area contributed by atoms with Gasteiger partial charge in [0.15, 0.2) is 0 Å². The molecule has 0 fully saturated rings. The summed E-state index contributed by atoms with van der Waals surface area (Å²) in [6, 6.07) is 56.7. The highest BCUT2D eigenvalue weighted by molar-refractivity contribution is 6.11. The lowest BCUT2D eigenvalue weighted by Crippen LogP contribution is -2.29. The molecule has 0 spiro atoms. The van der Waals surface area contributed by atoms with Gasteiger partial charge in [0.2, 0.25) is 0 Å². The normalized spacial score (nSPS) is 16.4. The van der Waals surface area contributed by atoms with E-state index in [-0.39, 0.29) is 34.5 Å². The molecule has 0 aliphatic heterocycles. The molecule has 0 radical (unpaired) electrons. The maximum absolute atomic E-state index is 10.2. The van der Waals surface area contributed by atoms with E-state index in [0.29, 0.717) is 0 Å². The Morgan fingerprint density at radius 2 is 1.07 bits per heavy atom. The molecule has 11 rings (SSSR count). The largest absolute Gasteiger partial charge is 0.310 e. The van der Waals surface area contributed by atoms with Gasteiger partial charge < -0.3 is 9.47 Å². The second-order valence-corrected chi connectivity index (χ2v) is 13.9. The summed E-state index contributed by atoms with van der Waals surface area (Å²) in [6.45, 7) is 0. The summed E-state index contributed by atoms with van der Waals surface area (Å²) < 4.78 is 67.4. The van der Waals surface area contributed by atoms with E-state index in [1.807, 2.05) is 91.0 Å². The molecule has 1 aliphatic rings. The number of benzene rings is 9. The maximum Gasteiger partial charge on any atom is 0.0734 e. The molecular formula is C53H36N2. The van der Waals surface area contributed by atoms with Gasteiger partial charge in [-0.3, -0.25) is 0 Å². The van der Waals surface area contributed by atoms with E-state index < -0.39 is 29.6 Å².